The van der Waals surface area contributed by atoms with Gasteiger partial charge < -0.3 is 10.2 Å². The Labute approximate surface area is 153 Å². The molecule has 5 nitrogen and oxygen atoms in total. The van der Waals surface area contributed by atoms with Crippen molar-refractivity contribution in [2.45, 2.75) is 27.2 Å². The number of aryl methyl sites for hydroxylation is 3. The molecule has 1 saturated heterocycles. The van der Waals surface area contributed by atoms with Gasteiger partial charge in [-0.25, -0.2) is 4.98 Å². The molecule has 25 heavy (non-hydrogen) atoms. The summed E-state index contributed by atoms with van der Waals surface area (Å²) in [6.07, 6.45) is 1.05. The molecule has 2 aromatic rings. The van der Waals surface area contributed by atoms with E-state index in [0.717, 1.165) is 49.1 Å². The van der Waals surface area contributed by atoms with Crippen LogP contribution in [0.25, 0.3) is 0 Å². The van der Waals surface area contributed by atoms with Gasteiger partial charge >= 0.3 is 0 Å². The van der Waals surface area contributed by atoms with Crippen LogP contribution in [-0.2, 0) is 4.79 Å². The third-order valence-electron chi connectivity index (χ3n) is 4.62. The van der Waals surface area contributed by atoms with E-state index in [4.69, 9.17) is 0 Å². The molecule has 0 spiro atoms. The van der Waals surface area contributed by atoms with Crippen LogP contribution in [0.1, 0.15) is 23.2 Å². The molecule has 134 valence electrons. The number of carbonyl (C=O) groups excluding carboxylic acids is 1. The molecule has 1 amide bonds. The number of amides is 1. The smallest absolute Gasteiger partial charge is 0.238 e. The highest BCUT2D eigenvalue weighted by Gasteiger charge is 2.19. The topological polar surface area (TPSA) is 48.5 Å². The van der Waals surface area contributed by atoms with Crippen molar-refractivity contribution in [2.75, 3.05) is 42.9 Å². The summed E-state index contributed by atoms with van der Waals surface area (Å²) in [5.74, 6) is 0.0572. The van der Waals surface area contributed by atoms with Crippen LogP contribution in [0.5, 0.6) is 0 Å². The van der Waals surface area contributed by atoms with Crippen LogP contribution in [0.15, 0.2) is 23.6 Å². The van der Waals surface area contributed by atoms with Gasteiger partial charge in [-0.2, -0.15) is 0 Å². The molecule has 1 aromatic heterocycles. The second-order valence-corrected chi connectivity index (χ2v) is 7.57. The summed E-state index contributed by atoms with van der Waals surface area (Å²) in [5, 5.41) is 6.21. The third-order valence-corrected chi connectivity index (χ3v) is 5.64. The number of carbonyl (C=O) groups is 1. The number of nitrogens with zero attached hydrogens (tertiary/aromatic N) is 3. The maximum Gasteiger partial charge on any atom is 0.238 e. The summed E-state index contributed by atoms with van der Waals surface area (Å²) in [7, 11) is 0. The van der Waals surface area contributed by atoms with Gasteiger partial charge in [0.15, 0.2) is 5.13 Å². The highest BCUT2D eigenvalue weighted by atomic mass is 32.1. The van der Waals surface area contributed by atoms with Gasteiger partial charge in [0.1, 0.15) is 0 Å². The Kier molecular flexibility index (Phi) is 5.71. The van der Waals surface area contributed by atoms with Crippen molar-refractivity contribution in [1.82, 2.24) is 9.88 Å². The van der Waals surface area contributed by atoms with E-state index in [0.29, 0.717) is 6.54 Å². The molecule has 1 aliphatic rings. The highest BCUT2D eigenvalue weighted by molar-refractivity contribution is 7.13. The molecule has 1 N–H and O–H groups in total. The quantitative estimate of drug-likeness (QED) is 0.912. The first kappa shape index (κ1) is 17.9. The Bertz CT molecular complexity index is 743. The average molecular weight is 359 g/mol. The SMILES string of the molecule is Cc1csc(N2CCCN(CC(=O)Nc3ccc(C)c(C)c3)CC2)n1. The van der Waals surface area contributed by atoms with Gasteiger partial charge in [-0.05, 0) is 50.5 Å². The number of aromatic nitrogens is 1. The number of nitrogens with one attached hydrogen (secondary N) is 1. The second kappa shape index (κ2) is 7.97. The lowest BCUT2D eigenvalue weighted by Gasteiger charge is -2.21. The maximum absolute atomic E-state index is 12.4. The van der Waals surface area contributed by atoms with Crippen LogP contribution in [0.3, 0.4) is 0 Å². The zero-order valence-corrected chi connectivity index (χ0v) is 16.0. The minimum absolute atomic E-state index is 0.0572. The lowest BCUT2D eigenvalue weighted by atomic mass is 10.1. The van der Waals surface area contributed by atoms with Crippen molar-refractivity contribution in [3.8, 4) is 0 Å². The lowest BCUT2D eigenvalue weighted by Crippen LogP contribution is -2.36. The molecule has 0 atom stereocenters. The van der Waals surface area contributed by atoms with Crippen molar-refractivity contribution in [3.05, 3.63) is 40.4 Å². The molecule has 0 unspecified atom stereocenters. The zero-order chi connectivity index (χ0) is 17.8. The predicted molar refractivity (Wildman–Crippen MR) is 105 cm³/mol. The number of hydrogen-bond acceptors (Lipinski definition) is 5. The second-order valence-electron chi connectivity index (χ2n) is 6.74. The summed E-state index contributed by atoms with van der Waals surface area (Å²) in [6, 6.07) is 6.04. The summed E-state index contributed by atoms with van der Waals surface area (Å²) in [4.78, 5) is 21.5. The molecule has 0 saturated carbocycles. The standard InChI is InChI=1S/C19H26N4OS/c1-14-5-6-17(11-15(14)2)21-18(24)12-22-7-4-8-23(10-9-22)19-20-16(3)13-25-19/h5-6,11,13H,4,7-10,12H2,1-3H3,(H,21,24). The first-order chi connectivity index (χ1) is 12.0. The summed E-state index contributed by atoms with van der Waals surface area (Å²) in [6.45, 7) is 10.4. The van der Waals surface area contributed by atoms with E-state index in [1.807, 2.05) is 25.1 Å². The zero-order valence-electron chi connectivity index (χ0n) is 15.2. The maximum atomic E-state index is 12.4. The number of benzene rings is 1. The Morgan fingerprint density at radius 1 is 1.16 bits per heavy atom. The molecule has 0 bridgehead atoms. The lowest BCUT2D eigenvalue weighted by molar-refractivity contribution is -0.117. The normalized spacial score (nSPS) is 15.9. The first-order valence-corrected chi connectivity index (χ1v) is 9.66. The number of thiazole rings is 1. The van der Waals surface area contributed by atoms with Gasteiger partial charge in [0.05, 0.1) is 12.2 Å². The Balaban J connectivity index is 1.52. The van der Waals surface area contributed by atoms with Crippen molar-refractivity contribution in [2.24, 2.45) is 0 Å². The molecule has 2 heterocycles. The van der Waals surface area contributed by atoms with Crippen LogP contribution >= 0.6 is 11.3 Å². The van der Waals surface area contributed by atoms with E-state index >= 15 is 0 Å². The number of rotatable bonds is 4. The van der Waals surface area contributed by atoms with Gasteiger partial charge in [-0.15, -0.1) is 11.3 Å². The fraction of sp³-hybridized carbons (Fsp3) is 0.474. The van der Waals surface area contributed by atoms with E-state index in [1.54, 1.807) is 11.3 Å². The molecular formula is C19H26N4OS. The molecule has 1 fully saturated rings. The van der Waals surface area contributed by atoms with Crippen molar-refractivity contribution in [3.63, 3.8) is 0 Å². The van der Waals surface area contributed by atoms with Crippen molar-refractivity contribution < 1.29 is 4.79 Å². The summed E-state index contributed by atoms with van der Waals surface area (Å²) in [5.41, 5.74) is 4.39. The Morgan fingerprint density at radius 2 is 2.00 bits per heavy atom. The monoisotopic (exact) mass is 358 g/mol. The molecule has 0 radical (unpaired) electrons. The van der Waals surface area contributed by atoms with Gasteiger partial charge in [0.25, 0.3) is 0 Å². The first-order valence-electron chi connectivity index (χ1n) is 8.78. The fourth-order valence-corrected chi connectivity index (χ4v) is 3.89. The van der Waals surface area contributed by atoms with E-state index in [2.05, 4.69) is 39.3 Å². The molecular weight excluding hydrogens is 332 g/mol. The molecule has 6 heteroatoms. The Hall–Kier alpha value is -1.92. The van der Waals surface area contributed by atoms with Crippen LogP contribution in [0, 0.1) is 20.8 Å². The summed E-state index contributed by atoms with van der Waals surface area (Å²) >= 11 is 1.70. The van der Waals surface area contributed by atoms with Crippen molar-refractivity contribution >= 4 is 28.1 Å². The van der Waals surface area contributed by atoms with Crippen LogP contribution in [0.4, 0.5) is 10.8 Å². The van der Waals surface area contributed by atoms with Gasteiger partial charge in [-0.3, -0.25) is 9.69 Å². The van der Waals surface area contributed by atoms with Crippen LogP contribution in [-0.4, -0.2) is 48.5 Å². The van der Waals surface area contributed by atoms with Gasteiger partial charge in [0, 0.05) is 37.2 Å². The minimum atomic E-state index is 0.0572. The number of anilines is 2. The molecule has 0 aliphatic carbocycles. The fourth-order valence-electron chi connectivity index (χ4n) is 3.03. The average Bonchev–Trinajstić information content (AvgIpc) is 2.86. The Morgan fingerprint density at radius 3 is 2.72 bits per heavy atom. The summed E-state index contributed by atoms with van der Waals surface area (Å²) < 4.78 is 0. The molecule has 1 aliphatic heterocycles. The molecule has 3 rings (SSSR count). The van der Waals surface area contributed by atoms with E-state index in [1.165, 1.54) is 11.1 Å². The van der Waals surface area contributed by atoms with Crippen molar-refractivity contribution in [1.29, 1.82) is 0 Å². The van der Waals surface area contributed by atoms with Crippen LogP contribution in [0.2, 0.25) is 0 Å². The number of hydrogen-bond donors (Lipinski definition) is 1. The largest absolute Gasteiger partial charge is 0.347 e. The predicted octanol–water partition coefficient (Wildman–Crippen LogP) is 3.22. The minimum Gasteiger partial charge on any atom is -0.347 e. The van der Waals surface area contributed by atoms with Crippen LogP contribution < -0.4 is 10.2 Å². The third kappa shape index (κ3) is 4.80. The van der Waals surface area contributed by atoms with Gasteiger partial charge in [0.2, 0.25) is 5.91 Å². The van der Waals surface area contributed by atoms with Gasteiger partial charge in [-0.1, -0.05) is 6.07 Å². The molecule has 1 aromatic carbocycles. The van der Waals surface area contributed by atoms with E-state index < -0.39 is 0 Å². The van der Waals surface area contributed by atoms with E-state index in [9.17, 15) is 4.79 Å². The highest BCUT2D eigenvalue weighted by Crippen LogP contribution is 2.21. The van der Waals surface area contributed by atoms with E-state index in [-0.39, 0.29) is 5.91 Å².